The maximum absolute atomic E-state index is 13.7. The number of nitrogens with one attached hydrogen (secondary N) is 1. The molecule has 1 aromatic rings. The van der Waals surface area contributed by atoms with Crippen molar-refractivity contribution in [1.29, 1.82) is 0 Å². The summed E-state index contributed by atoms with van der Waals surface area (Å²) in [7, 11) is 1.90. The third-order valence-electron chi connectivity index (χ3n) is 3.56. The normalized spacial score (nSPS) is 18.5. The lowest BCUT2D eigenvalue weighted by molar-refractivity contribution is 0.312. The molecule has 94 valence electrons. The molecule has 1 fully saturated rings. The number of hydrogen-bond acceptors (Lipinski definition) is 2. The zero-order valence-electron chi connectivity index (χ0n) is 10.5. The molecule has 2 nitrogen and oxygen atoms in total. The van der Waals surface area contributed by atoms with E-state index in [2.05, 4.69) is 10.2 Å². The highest BCUT2D eigenvalue weighted by atomic mass is 19.1. The van der Waals surface area contributed by atoms with Crippen molar-refractivity contribution in [2.45, 2.75) is 25.3 Å². The van der Waals surface area contributed by atoms with Gasteiger partial charge in [-0.2, -0.15) is 0 Å². The Morgan fingerprint density at radius 1 is 1.29 bits per heavy atom. The maximum Gasteiger partial charge on any atom is 0.127 e. The first-order chi connectivity index (χ1) is 8.31. The number of likely N-dealkylation sites (tertiary alicyclic amines) is 1. The minimum Gasteiger partial charge on any atom is -0.313 e. The van der Waals surface area contributed by atoms with Crippen LogP contribution < -0.4 is 5.32 Å². The topological polar surface area (TPSA) is 15.3 Å². The second kappa shape index (κ2) is 6.12. The summed E-state index contributed by atoms with van der Waals surface area (Å²) in [5, 5.41) is 3.22. The largest absolute Gasteiger partial charge is 0.313 e. The number of rotatable bonds is 5. The summed E-state index contributed by atoms with van der Waals surface area (Å²) < 4.78 is 13.7. The minimum atomic E-state index is -0.103. The average Bonchev–Trinajstić information content (AvgIpc) is 2.85. The highest BCUT2D eigenvalue weighted by Crippen LogP contribution is 2.20. The van der Waals surface area contributed by atoms with Crippen LogP contribution in [0, 0.1) is 5.82 Å². The van der Waals surface area contributed by atoms with E-state index in [0.717, 1.165) is 18.5 Å². The fourth-order valence-electron chi connectivity index (χ4n) is 2.53. The molecule has 1 aliphatic rings. The summed E-state index contributed by atoms with van der Waals surface area (Å²) in [5.74, 6) is -0.103. The lowest BCUT2D eigenvalue weighted by Gasteiger charge is -2.21. The fraction of sp³-hybridized carbons (Fsp3) is 0.571. The Morgan fingerprint density at radius 3 is 2.65 bits per heavy atom. The second-order valence-electron chi connectivity index (χ2n) is 4.70. The van der Waals surface area contributed by atoms with Crippen LogP contribution >= 0.6 is 0 Å². The number of nitrogens with zero attached hydrogens (tertiary/aromatic N) is 1. The zero-order chi connectivity index (χ0) is 12.1. The minimum absolute atomic E-state index is 0.103. The number of benzene rings is 1. The van der Waals surface area contributed by atoms with E-state index in [0.29, 0.717) is 0 Å². The standard InChI is InChI=1S/C14H21FN2/c1-16-14(8-11-17-9-4-5-10-17)12-6-2-3-7-13(12)15/h2-3,6-7,14,16H,4-5,8-11H2,1H3. The van der Waals surface area contributed by atoms with Gasteiger partial charge in [0.15, 0.2) is 0 Å². The summed E-state index contributed by atoms with van der Waals surface area (Å²) >= 11 is 0. The van der Waals surface area contributed by atoms with Crippen LogP contribution in [0.1, 0.15) is 30.9 Å². The molecule has 0 bridgehead atoms. The first kappa shape index (κ1) is 12.5. The van der Waals surface area contributed by atoms with E-state index >= 15 is 0 Å². The van der Waals surface area contributed by atoms with E-state index < -0.39 is 0 Å². The Bertz CT molecular complexity index is 348. The quantitative estimate of drug-likeness (QED) is 0.845. The lowest BCUT2D eigenvalue weighted by Crippen LogP contribution is -2.26. The molecule has 0 aromatic heterocycles. The van der Waals surface area contributed by atoms with Crippen molar-refractivity contribution in [1.82, 2.24) is 10.2 Å². The van der Waals surface area contributed by atoms with Crippen molar-refractivity contribution in [3.05, 3.63) is 35.6 Å². The van der Waals surface area contributed by atoms with Gasteiger partial charge in [0.05, 0.1) is 0 Å². The van der Waals surface area contributed by atoms with Gasteiger partial charge in [0.1, 0.15) is 5.82 Å². The monoisotopic (exact) mass is 236 g/mol. The smallest absolute Gasteiger partial charge is 0.127 e. The molecule has 17 heavy (non-hydrogen) atoms. The van der Waals surface area contributed by atoms with Gasteiger partial charge in [-0.3, -0.25) is 0 Å². The van der Waals surface area contributed by atoms with Gasteiger partial charge in [0.2, 0.25) is 0 Å². The van der Waals surface area contributed by atoms with Gasteiger partial charge in [0, 0.05) is 11.6 Å². The van der Waals surface area contributed by atoms with Crippen LogP contribution in [-0.2, 0) is 0 Å². The first-order valence-electron chi connectivity index (χ1n) is 6.45. The van der Waals surface area contributed by atoms with Crippen LogP contribution in [0.5, 0.6) is 0 Å². The molecule has 1 aliphatic heterocycles. The molecule has 1 aromatic carbocycles. The van der Waals surface area contributed by atoms with Crippen LogP contribution in [0.25, 0.3) is 0 Å². The van der Waals surface area contributed by atoms with Gasteiger partial charge < -0.3 is 10.2 Å². The van der Waals surface area contributed by atoms with Crippen LogP contribution in [-0.4, -0.2) is 31.6 Å². The molecule has 2 rings (SSSR count). The van der Waals surface area contributed by atoms with Crippen LogP contribution in [0.15, 0.2) is 24.3 Å². The molecular formula is C14H21FN2. The van der Waals surface area contributed by atoms with Crippen molar-refractivity contribution in [3.63, 3.8) is 0 Å². The SMILES string of the molecule is CNC(CCN1CCCC1)c1ccccc1F. The van der Waals surface area contributed by atoms with Crippen molar-refractivity contribution in [2.24, 2.45) is 0 Å². The predicted molar refractivity (Wildman–Crippen MR) is 68.5 cm³/mol. The van der Waals surface area contributed by atoms with E-state index in [-0.39, 0.29) is 11.9 Å². The number of hydrogen-bond donors (Lipinski definition) is 1. The van der Waals surface area contributed by atoms with Gasteiger partial charge in [-0.25, -0.2) is 4.39 Å². The summed E-state index contributed by atoms with van der Waals surface area (Å²) in [6.45, 7) is 3.46. The molecule has 0 spiro atoms. The summed E-state index contributed by atoms with van der Waals surface area (Å²) in [6, 6.07) is 7.18. The Morgan fingerprint density at radius 2 is 2.00 bits per heavy atom. The molecule has 3 heteroatoms. The summed E-state index contributed by atoms with van der Waals surface area (Å²) in [4.78, 5) is 2.46. The second-order valence-corrected chi connectivity index (χ2v) is 4.70. The Hall–Kier alpha value is -0.930. The molecule has 1 saturated heterocycles. The van der Waals surface area contributed by atoms with Gasteiger partial charge in [-0.15, -0.1) is 0 Å². The van der Waals surface area contributed by atoms with Crippen LogP contribution in [0.4, 0.5) is 4.39 Å². The van der Waals surface area contributed by atoms with Crippen molar-refractivity contribution >= 4 is 0 Å². The van der Waals surface area contributed by atoms with Gasteiger partial charge in [0.25, 0.3) is 0 Å². The summed E-state index contributed by atoms with van der Waals surface area (Å²) in [6.07, 6.45) is 3.59. The van der Waals surface area contributed by atoms with E-state index in [1.54, 1.807) is 6.07 Å². The number of halogens is 1. The predicted octanol–water partition coefficient (Wildman–Crippen LogP) is 2.57. The molecule has 0 saturated carbocycles. The maximum atomic E-state index is 13.7. The van der Waals surface area contributed by atoms with Gasteiger partial charge >= 0.3 is 0 Å². The first-order valence-corrected chi connectivity index (χ1v) is 6.45. The molecule has 1 atom stereocenters. The molecular weight excluding hydrogens is 215 g/mol. The summed E-state index contributed by atoms with van der Waals surface area (Å²) in [5.41, 5.74) is 0.786. The van der Waals surface area contributed by atoms with Crippen molar-refractivity contribution < 1.29 is 4.39 Å². The van der Waals surface area contributed by atoms with E-state index in [4.69, 9.17) is 0 Å². The van der Waals surface area contributed by atoms with E-state index in [1.165, 1.54) is 32.0 Å². The highest BCUT2D eigenvalue weighted by molar-refractivity contribution is 5.21. The molecule has 0 amide bonds. The third-order valence-corrected chi connectivity index (χ3v) is 3.56. The average molecular weight is 236 g/mol. The zero-order valence-corrected chi connectivity index (χ0v) is 10.5. The fourth-order valence-corrected chi connectivity index (χ4v) is 2.53. The molecule has 0 radical (unpaired) electrons. The molecule has 1 heterocycles. The Labute approximate surface area is 103 Å². The Balaban J connectivity index is 1.94. The van der Waals surface area contributed by atoms with Crippen LogP contribution in [0.2, 0.25) is 0 Å². The lowest BCUT2D eigenvalue weighted by atomic mass is 10.0. The molecule has 0 aliphatic carbocycles. The highest BCUT2D eigenvalue weighted by Gasteiger charge is 2.16. The van der Waals surface area contributed by atoms with Gasteiger partial charge in [-0.1, -0.05) is 18.2 Å². The molecule has 1 unspecified atom stereocenters. The molecule has 1 N–H and O–H groups in total. The third kappa shape index (κ3) is 3.27. The van der Waals surface area contributed by atoms with Gasteiger partial charge in [-0.05, 0) is 52.0 Å². The Kier molecular flexibility index (Phi) is 4.51. The van der Waals surface area contributed by atoms with E-state index in [1.807, 2.05) is 19.2 Å². The van der Waals surface area contributed by atoms with Crippen LogP contribution in [0.3, 0.4) is 0 Å². The van der Waals surface area contributed by atoms with E-state index in [9.17, 15) is 4.39 Å². The van der Waals surface area contributed by atoms with Crippen molar-refractivity contribution in [3.8, 4) is 0 Å². The van der Waals surface area contributed by atoms with Crippen molar-refractivity contribution in [2.75, 3.05) is 26.7 Å².